The first-order valence-corrected chi connectivity index (χ1v) is 5.11. The molecule has 0 fully saturated rings. The summed E-state index contributed by atoms with van der Waals surface area (Å²) in [5, 5.41) is 8.38. The molecule has 108 valence electrons. The number of halogens is 4. The molecule has 0 radical (unpaired) electrons. The quantitative estimate of drug-likeness (QED) is 0.647. The number of aliphatic carboxylic acids is 1. The average molecular weight is 300 g/mol. The fourth-order valence-electron chi connectivity index (χ4n) is 1.28. The minimum atomic E-state index is -4.49. The molecular formula is C11H13ClF3NO3. The van der Waals surface area contributed by atoms with Gasteiger partial charge in [-0.25, -0.2) is 0 Å². The molecule has 0 saturated heterocycles. The number of carbonyl (C=O) groups is 1. The average Bonchev–Trinajstić information content (AvgIpc) is 2.22. The highest BCUT2D eigenvalue weighted by Gasteiger charge is 2.31. The molecule has 0 aromatic heterocycles. The van der Waals surface area contributed by atoms with Crippen LogP contribution in [0.1, 0.15) is 18.4 Å². The number of nitrogens with two attached hydrogens (primary N) is 1. The molecule has 3 N–H and O–H groups in total. The van der Waals surface area contributed by atoms with Gasteiger partial charge in [0.1, 0.15) is 5.75 Å². The smallest absolute Gasteiger partial charge is 0.416 e. The standard InChI is InChI=1S/C11H12F3NO3.ClH/c12-11(13,14)7-4-8(15)6-9(5-7)18-3-1-2-10(16)17;/h4-6H,1-3,15H2,(H,16,17);1H. The number of hydrogen-bond acceptors (Lipinski definition) is 3. The highest BCUT2D eigenvalue weighted by molar-refractivity contribution is 5.85. The molecule has 0 saturated carbocycles. The van der Waals surface area contributed by atoms with Crippen molar-refractivity contribution >= 4 is 24.1 Å². The van der Waals surface area contributed by atoms with Crippen LogP contribution in [-0.4, -0.2) is 17.7 Å². The Bertz CT molecular complexity index is 438. The Hall–Kier alpha value is -1.63. The third kappa shape index (κ3) is 6.19. The van der Waals surface area contributed by atoms with Crippen LogP contribution in [0.15, 0.2) is 18.2 Å². The van der Waals surface area contributed by atoms with Gasteiger partial charge in [0.15, 0.2) is 0 Å². The Labute approximate surface area is 113 Å². The molecule has 4 nitrogen and oxygen atoms in total. The number of rotatable bonds is 5. The summed E-state index contributed by atoms with van der Waals surface area (Å²) in [6, 6.07) is 2.90. The number of ether oxygens (including phenoxy) is 1. The first kappa shape index (κ1) is 17.4. The third-order valence-electron chi connectivity index (χ3n) is 2.06. The first-order valence-electron chi connectivity index (χ1n) is 5.11. The zero-order chi connectivity index (χ0) is 13.8. The van der Waals surface area contributed by atoms with Gasteiger partial charge in [0.2, 0.25) is 0 Å². The van der Waals surface area contributed by atoms with Gasteiger partial charge in [-0.1, -0.05) is 0 Å². The van der Waals surface area contributed by atoms with Crippen LogP contribution < -0.4 is 10.5 Å². The monoisotopic (exact) mass is 299 g/mol. The Kier molecular flexibility index (Phi) is 6.47. The minimum Gasteiger partial charge on any atom is -0.493 e. The molecule has 0 amide bonds. The number of carboxylic acid groups (broad SMARTS) is 1. The van der Waals surface area contributed by atoms with Crippen molar-refractivity contribution in [3.8, 4) is 5.75 Å². The van der Waals surface area contributed by atoms with E-state index in [4.69, 9.17) is 15.6 Å². The summed E-state index contributed by atoms with van der Waals surface area (Å²) in [6.45, 7) is 0.0209. The fourth-order valence-corrected chi connectivity index (χ4v) is 1.28. The van der Waals surface area contributed by atoms with Crippen molar-refractivity contribution in [3.63, 3.8) is 0 Å². The van der Waals surface area contributed by atoms with Crippen LogP contribution in [0.4, 0.5) is 18.9 Å². The molecule has 0 aliphatic rings. The van der Waals surface area contributed by atoms with E-state index < -0.39 is 17.7 Å². The predicted molar refractivity (Wildman–Crippen MR) is 65.5 cm³/mol. The van der Waals surface area contributed by atoms with Gasteiger partial charge in [0.05, 0.1) is 12.2 Å². The van der Waals surface area contributed by atoms with E-state index in [1.165, 1.54) is 6.07 Å². The first-order chi connectivity index (χ1) is 8.29. The summed E-state index contributed by atoms with van der Waals surface area (Å²) >= 11 is 0. The van der Waals surface area contributed by atoms with Crippen LogP contribution in [0.25, 0.3) is 0 Å². The Balaban J connectivity index is 0.00000324. The van der Waals surface area contributed by atoms with E-state index in [0.29, 0.717) is 0 Å². The van der Waals surface area contributed by atoms with Crippen molar-refractivity contribution in [2.75, 3.05) is 12.3 Å². The molecule has 8 heteroatoms. The molecule has 1 aromatic carbocycles. The summed E-state index contributed by atoms with van der Waals surface area (Å²) in [5.74, 6) is -1.00. The zero-order valence-corrected chi connectivity index (χ0v) is 10.6. The number of benzene rings is 1. The summed E-state index contributed by atoms with van der Waals surface area (Å²) in [5.41, 5.74) is 4.38. The fraction of sp³-hybridized carbons (Fsp3) is 0.364. The summed E-state index contributed by atoms with van der Waals surface area (Å²) < 4.78 is 42.4. The van der Waals surface area contributed by atoms with Gasteiger partial charge in [-0.3, -0.25) is 4.79 Å². The van der Waals surface area contributed by atoms with Gasteiger partial charge in [0.25, 0.3) is 0 Å². The Morgan fingerprint density at radius 1 is 1.32 bits per heavy atom. The van der Waals surface area contributed by atoms with Crippen molar-refractivity contribution < 1.29 is 27.8 Å². The van der Waals surface area contributed by atoms with E-state index in [1.807, 2.05) is 0 Å². The minimum absolute atomic E-state index is 0. The molecular weight excluding hydrogens is 287 g/mol. The highest BCUT2D eigenvalue weighted by atomic mass is 35.5. The second kappa shape index (κ2) is 7.08. The van der Waals surface area contributed by atoms with Crippen LogP contribution in [0.2, 0.25) is 0 Å². The van der Waals surface area contributed by atoms with E-state index >= 15 is 0 Å². The normalized spacial score (nSPS) is 10.7. The molecule has 0 aliphatic carbocycles. The maximum absolute atomic E-state index is 12.5. The third-order valence-corrected chi connectivity index (χ3v) is 2.06. The van der Waals surface area contributed by atoms with Crippen molar-refractivity contribution in [2.24, 2.45) is 0 Å². The van der Waals surface area contributed by atoms with Crippen LogP contribution >= 0.6 is 12.4 Å². The molecule has 0 atom stereocenters. The van der Waals surface area contributed by atoms with Crippen molar-refractivity contribution in [1.82, 2.24) is 0 Å². The van der Waals surface area contributed by atoms with Gasteiger partial charge in [0, 0.05) is 18.2 Å². The van der Waals surface area contributed by atoms with Crippen LogP contribution in [0.5, 0.6) is 5.75 Å². The van der Waals surface area contributed by atoms with Gasteiger partial charge in [-0.15, -0.1) is 12.4 Å². The lowest BCUT2D eigenvalue weighted by molar-refractivity contribution is -0.138. The van der Waals surface area contributed by atoms with Gasteiger partial charge in [-0.2, -0.15) is 13.2 Å². The molecule has 0 heterocycles. The molecule has 1 rings (SSSR count). The van der Waals surface area contributed by atoms with Gasteiger partial charge in [-0.05, 0) is 18.6 Å². The SMILES string of the molecule is Cl.Nc1cc(OCCCC(=O)O)cc(C(F)(F)F)c1. The second-order valence-corrected chi connectivity index (χ2v) is 3.63. The number of hydrogen-bond donors (Lipinski definition) is 2. The maximum Gasteiger partial charge on any atom is 0.416 e. The predicted octanol–water partition coefficient (Wildman–Crippen LogP) is 2.95. The van der Waals surface area contributed by atoms with Crippen molar-refractivity contribution in [3.05, 3.63) is 23.8 Å². The summed E-state index contributed by atoms with van der Waals surface area (Å²) in [7, 11) is 0. The molecule has 0 bridgehead atoms. The molecule has 0 aliphatic heterocycles. The highest BCUT2D eigenvalue weighted by Crippen LogP contribution is 2.33. The van der Waals surface area contributed by atoms with E-state index in [0.717, 1.165) is 12.1 Å². The number of carboxylic acids is 1. The molecule has 1 aromatic rings. The van der Waals surface area contributed by atoms with E-state index in [9.17, 15) is 18.0 Å². The summed E-state index contributed by atoms with van der Waals surface area (Å²) in [4.78, 5) is 10.2. The molecule has 0 spiro atoms. The van der Waals surface area contributed by atoms with Crippen molar-refractivity contribution in [1.29, 1.82) is 0 Å². The maximum atomic E-state index is 12.5. The van der Waals surface area contributed by atoms with Gasteiger partial charge >= 0.3 is 12.1 Å². The summed E-state index contributed by atoms with van der Waals surface area (Å²) in [6.07, 6.45) is -4.38. The van der Waals surface area contributed by atoms with Crippen LogP contribution in [-0.2, 0) is 11.0 Å². The molecule has 0 unspecified atom stereocenters. The number of alkyl halides is 3. The van der Waals surface area contributed by atoms with Gasteiger partial charge < -0.3 is 15.6 Å². The second-order valence-electron chi connectivity index (χ2n) is 3.63. The molecule has 19 heavy (non-hydrogen) atoms. The van der Waals surface area contributed by atoms with E-state index in [-0.39, 0.29) is 43.3 Å². The largest absolute Gasteiger partial charge is 0.493 e. The van der Waals surface area contributed by atoms with E-state index in [1.54, 1.807) is 0 Å². The lowest BCUT2D eigenvalue weighted by Gasteiger charge is -2.11. The topological polar surface area (TPSA) is 72.5 Å². The number of nitrogen functional groups attached to an aromatic ring is 1. The van der Waals surface area contributed by atoms with Crippen molar-refractivity contribution in [2.45, 2.75) is 19.0 Å². The Morgan fingerprint density at radius 3 is 2.47 bits per heavy atom. The zero-order valence-electron chi connectivity index (χ0n) is 9.74. The lowest BCUT2D eigenvalue weighted by Crippen LogP contribution is -2.07. The van der Waals surface area contributed by atoms with E-state index in [2.05, 4.69) is 0 Å². The lowest BCUT2D eigenvalue weighted by atomic mass is 10.2. The van der Waals surface area contributed by atoms with Crippen LogP contribution in [0.3, 0.4) is 0 Å². The Morgan fingerprint density at radius 2 is 1.95 bits per heavy atom. The number of anilines is 1. The van der Waals surface area contributed by atoms with Crippen LogP contribution in [0, 0.1) is 0 Å².